The molecule has 0 saturated carbocycles. The first-order valence-electron chi connectivity index (χ1n) is 6.48. The largest absolute Gasteiger partial charge is 0.477 e. The Labute approximate surface area is 113 Å². The average molecular weight is 264 g/mol. The van der Waals surface area contributed by atoms with Crippen LogP contribution in [-0.2, 0) is 0 Å². The molecule has 5 nitrogen and oxygen atoms in total. The van der Waals surface area contributed by atoms with Gasteiger partial charge in [-0.15, -0.1) is 0 Å². The number of nitrogens with one attached hydrogen (secondary N) is 1. The van der Waals surface area contributed by atoms with Crippen LogP contribution in [-0.4, -0.2) is 28.5 Å². The number of carboxylic acid groups (broad SMARTS) is 1. The molecule has 1 aromatic rings. The summed E-state index contributed by atoms with van der Waals surface area (Å²) in [7, 11) is 0. The Kier molecular flexibility index (Phi) is 5.99. The second kappa shape index (κ2) is 7.51. The van der Waals surface area contributed by atoms with Crippen molar-refractivity contribution >= 4 is 11.9 Å². The van der Waals surface area contributed by atoms with Crippen LogP contribution in [0.15, 0.2) is 18.3 Å². The highest BCUT2D eigenvalue weighted by atomic mass is 16.4. The summed E-state index contributed by atoms with van der Waals surface area (Å²) in [4.78, 5) is 26.2. The fourth-order valence-electron chi connectivity index (χ4n) is 1.67. The van der Waals surface area contributed by atoms with Crippen molar-refractivity contribution in [1.29, 1.82) is 0 Å². The van der Waals surface area contributed by atoms with Crippen LogP contribution in [0.2, 0.25) is 0 Å². The third kappa shape index (κ3) is 5.50. The second-order valence-corrected chi connectivity index (χ2v) is 4.88. The van der Waals surface area contributed by atoms with Gasteiger partial charge in [0.05, 0.1) is 0 Å². The maximum Gasteiger partial charge on any atom is 0.354 e. The summed E-state index contributed by atoms with van der Waals surface area (Å²) >= 11 is 0. The van der Waals surface area contributed by atoms with E-state index in [9.17, 15) is 9.59 Å². The fraction of sp³-hybridized carbons (Fsp3) is 0.500. The van der Waals surface area contributed by atoms with Gasteiger partial charge in [-0.25, -0.2) is 9.78 Å². The molecule has 0 unspecified atom stereocenters. The molecule has 19 heavy (non-hydrogen) atoms. The van der Waals surface area contributed by atoms with E-state index in [-0.39, 0.29) is 11.6 Å². The summed E-state index contributed by atoms with van der Waals surface area (Å²) in [6.45, 7) is 4.95. The molecule has 5 heteroatoms. The molecule has 0 saturated heterocycles. The summed E-state index contributed by atoms with van der Waals surface area (Å²) in [5, 5.41) is 11.6. The monoisotopic (exact) mass is 264 g/mol. The molecule has 0 bridgehead atoms. The third-order valence-corrected chi connectivity index (χ3v) is 2.74. The molecule has 0 aromatic carbocycles. The van der Waals surface area contributed by atoms with E-state index in [4.69, 9.17) is 5.11 Å². The van der Waals surface area contributed by atoms with Crippen molar-refractivity contribution in [3.63, 3.8) is 0 Å². The van der Waals surface area contributed by atoms with Crippen LogP contribution < -0.4 is 5.32 Å². The SMILES string of the molecule is CC(C)CCCCNC(=O)c1ccnc(C(=O)O)c1. The first-order chi connectivity index (χ1) is 9.00. The molecule has 0 aliphatic carbocycles. The van der Waals surface area contributed by atoms with Crippen molar-refractivity contribution in [2.75, 3.05) is 6.54 Å². The molecule has 0 fully saturated rings. The topological polar surface area (TPSA) is 79.3 Å². The van der Waals surface area contributed by atoms with E-state index in [1.165, 1.54) is 18.3 Å². The van der Waals surface area contributed by atoms with Crippen LogP contribution >= 0.6 is 0 Å². The maximum absolute atomic E-state index is 11.8. The quantitative estimate of drug-likeness (QED) is 0.741. The van der Waals surface area contributed by atoms with Gasteiger partial charge in [0.15, 0.2) is 0 Å². The molecule has 0 aliphatic rings. The summed E-state index contributed by atoms with van der Waals surface area (Å²) in [5.74, 6) is -0.713. The number of hydrogen-bond donors (Lipinski definition) is 2. The van der Waals surface area contributed by atoms with Gasteiger partial charge in [0, 0.05) is 18.3 Å². The van der Waals surface area contributed by atoms with E-state index in [1.54, 1.807) is 0 Å². The van der Waals surface area contributed by atoms with E-state index < -0.39 is 5.97 Å². The Morgan fingerprint density at radius 2 is 2.11 bits per heavy atom. The molecular weight excluding hydrogens is 244 g/mol. The Morgan fingerprint density at radius 1 is 1.37 bits per heavy atom. The molecule has 1 heterocycles. The van der Waals surface area contributed by atoms with Gasteiger partial charge in [-0.05, 0) is 24.5 Å². The van der Waals surface area contributed by atoms with Crippen molar-refractivity contribution in [2.24, 2.45) is 5.92 Å². The molecule has 1 amide bonds. The highest BCUT2D eigenvalue weighted by Crippen LogP contribution is 2.06. The predicted octanol–water partition coefficient (Wildman–Crippen LogP) is 2.34. The Hall–Kier alpha value is -1.91. The minimum atomic E-state index is -1.13. The summed E-state index contributed by atoms with van der Waals surface area (Å²) < 4.78 is 0. The lowest BCUT2D eigenvalue weighted by atomic mass is 10.1. The zero-order valence-corrected chi connectivity index (χ0v) is 11.3. The van der Waals surface area contributed by atoms with Crippen LogP contribution in [0, 0.1) is 5.92 Å². The van der Waals surface area contributed by atoms with Gasteiger partial charge in [-0.2, -0.15) is 0 Å². The number of carbonyl (C=O) groups is 2. The van der Waals surface area contributed by atoms with Gasteiger partial charge in [-0.1, -0.05) is 26.7 Å². The number of aromatic carboxylic acids is 1. The van der Waals surface area contributed by atoms with E-state index in [1.807, 2.05) is 0 Å². The summed E-state index contributed by atoms with van der Waals surface area (Å²) in [6.07, 6.45) is 4.49. The van der Waals surface area contributed by atoms with Crippen LogP contribution in [0.25, 0.3) is 0 Å². The normalized spacial score (nSPS) is 10.5. The minimum Gasteiger partial charge on any atom is -0.477 e. The van der Waals surface area contributed by atoms with E-state index >= 15 is 0 Å². The van der Waals surface area contributed by atoms with Crippen molar-refractivity contribution in [3.8, 4) is 0 Å². The molecule has 0 radical (unpaired) electrons. The zero-order valence-electron chi connectivity index (χ0n) is 11.3. The number of hydrogen-bond acceptors (Lipinski definition) is 3. The molecule has 0 spiro atoms. The Balaban J connectivity index is 2.41. The van der Waals surface area contributed by atoms with Crippen LogP contribution in [0.5, 0.6) is 0 Å². The Bertz CT molecular complexity index is 444. The lowest BCUT2D eigenvalue weighted by Crippen LogP contribution is -2.24. The standard InChI is InChI=1S/C14H20N2O3/c1-10(2)5-3-4-7-16-13(17)11-6-8-15-12(9-11)14(18)19/h6,8-10H,3-5,7H2,1-2H3,(H,16,17)(H,18,19). The lowest BCUT2D eigenvalue weighted by molar-refractivity contribution is 0.0690. The third-order valence-electron chi connectivity index (χ3n) is 2.74. The smallest absolute Gasteiger partial charge is 0.354 e. The number of carbonyl (C=O) groups excluding carboxylic acids is 1. The van der Waals surface area contributed by atoms with Gasteiger partial charge in [0.2, 0.25) is 0 Å². The van der Waals surface area contributed by atoms with Crippen LogP contribution in [0.4, 0.5) is 0 Å². The van der Waals surface area contributed by atoms with Crippen molar-refractivity contribution in [1.82, 2.24) is 10.3 Å². The molecule has 1 rings (SSSR count). The highest BCUT2D eigenvalue weighted by Gasteiger charge is 2.09. The number of amides is 1. The number of aromatic nitrogens is 1. The maximum atomic E-state index is 11.8. The van der Waals surface area contributed by atoms with Gasteiger partial charge in [0.1, 0.15) is 5.69 Å². The van der Waals surface area contributed by atoms with Gasteiger partial charge in [-0.3, -0.25) is 4.79 Å². The van der Waals surface area contributed by atoms with Gasteiger partial charge in [0.25, 0.3) is 5.91 Å². The fourth-order valence-corrected chi connectivity index (χ4v) is 1.67. The molecule has 1 aromatic heterocycles. The van der Waals surface area contributed by atoms with E-state index in [2.05, 4.69) is 24.1 Å². The van der Waals surface area contributed by atoms with Gasteiger partial charge < -0.3 is 10.4 Å². The molecule has 0 atom stereocenters. The molecular formula is C14H20N2O3. The molecule has 104 valence electrons. The Morgan fingerprint density at radius 3 is 2.74 bits per heavy atom. The molecule has 0 aliphatic heterocycles. The second-order valence-electron chi connectivity index (χ2n) is 4.88. The van der Waals surface area contributed by atoms with Crippen LogP contribution in [0.1, 0.15) is 54.0 Å². The van der Waals surface area contributed by atoms with Gasteiger partial charge >= 0.3 is 5.97 Å². The summed E-state index contributed by atoms with van der Waals surface area (Å²) in [6, 6.07) is 2.79. The van der Waals surface area contributed by atoms with Crippen molar-refractivity contribution < 1.29 is 14.7 Å². The first-order valence-corrected chi connectivity index (χ1v) is 6.48. The lowest BCUT2D eigenvalue weighted by Gasteiger charge is -2.07. The first kappa shape index (κ1) is 15.1. The zero-order chi connectivity index (χ0) is 14.3. The number of rotatable bonds is 7. The highest BCUT2D eigenvalue weighted by molar-refractivity contribution is 5.96. The van der Waals surface area contributed by atoms with E-state index in [0.29, 0.717) is 18.0 Å². The van der Waals surface area contributed by atoms with Crippen molar-refractivity contribution in [2.45, 2.75) is 33.1 Å². The average Bonchev–Trinajstić information content (AvgIpc) is 2.37. The minimum absolute atomic E-state index is 0.118. The number of pyridine rings is 1. The van der Waals surface area contributed by atoms with Crippen molar-refractivity contribution in [3.05, 3.63) is 29.6 Å². The number of nitrogens with zero attached hydrogens (tertiary/aromatic N) is 1. The van der Waals surface area contributed by atoms with Crippen LogP contribution in [0.3, 0.4) is 0 Å². The number of unbranched alkanes of at least 4 members (excludes halogenated alkanes) is 1. The molecule has 2 N–H and O–H groups in total. The number of carboxylic acids is 1. The summed E-state index contributed by atoms with van der Waals surface area (Å²) in [5.41, 5.74) is 0.212. The van der Waals surface area contributed by atoms with E-state index in [0.717, 1.165) is 19.3 Å². The predicted molar refractivity (Wildman–Crippen MR) is 72.2 cm³/mol.